The molecule has 0 saturated carbocycles. The van der Waals surface area contributed by atoms with Crippen molar-refractivity contribution in [2.45, 2.75) is 66.2 Å². The largest absolute Gasteiger partial charge is 0.470 e. The molecule has 0 radical (unpaired) electrons. The maximum Gasteiger partial charge on any atom is 0.407 e. The fourth-order valence-electron chi connectivity index (χ4n) is 4.76. The second kappa shape index (κ2) is 8.07. The van der Waals surface area contributed by atoms with Gasteiger partial charge >= 0.3 is 6.09 Å². The van der Waals surface area contributed by atoms with Crippen LogP contribution in [-0.2, 0) is 13.6 Å². The number of rotatable bonds is 4. The van der Waals surface area contributed by atoms with Crippen LogP contribution in [0.5, 0.6) is 5.88 Å². The van der Waals surface area contributed by atoms with E-state index in [2.05, 4.69) is 15.1 Å². The van der Waals surface area contributed by atoms with Crippen LogP contribution in [0.2, 0.25) is 0 Å². The van der Waals surface area contributed by atoms with Gasteiger partial charge in [-0.3, -0.25) is 4.68 Å². The smallest absolute Gasteiger partial charge is 0.407 e. The lowest BCUT2D eigenvalue weighted by molar-refractivity contribution is -0.0196. The summed E-state index contributed by atoms with van der Waals surface area (Å²) in [5.74, 6) is 1.12. The van der Waals surface area contributed by atoms with Gasteiger partial charge in [0.1, 0.15) is 18.3 Å². The van der Waals surface area contributed by atoms with E-state index in [-0.39, 0.29) is 17.6 Å². The van der Waals surface area contributed by atoms with Crippen LogP contribution in [0.1, 0.15) is 46.2 Å². The summed E-state index contributed by atoms with van der Waals surface area (Å²) in [6.45, 7) is 11.5. The molecule has 1 aliphatic heterocycles. The third-order valence-corrected chi connectivity index (χ3v) is 6.24. The summed E-state index contributed by atoms with van der Waals surface area (Å²) in [6, 6.07) is -0.299. The van der Waals surface area contributed by atoms with Crippen molar-refractivity contribution in [3.8, 4) is 17.3 Å². The molecule has 1 amide bonds. The molecule has 4 rings (SSSR count). The summed E-state index contributed by atoms with van der Waals surface area (Å²) < 4.78 is 10.2. The summed E-state index contributed by atoms with van der Waals surface area (Å²) in [4.78, 5) is 27.0. The van der Waals surface area contributed by atoms with Crippen molar-refractivity contribution in [1.82, 2.24) is 34.2 Å². The molecule has 0 aromatic carbocycles. The zero-order valence-corrected chi connectivity index (χ0v) is 19.5. The number of fused-ring (bicyclic) bond motifs is 1. The highest BCUT2D eigenvalue weighted by molar-refractivity contribution is 5.81. The van der Waals surface area contributed by atoms with Crippen molar-refractivity contribution >= 4 is 17.3 Å². The molecule has 1 fully saturated rings. The fourth-order valence-corrected chi connectivity index (χ4v) is 4.76. The molecule has 32 heavy (non-hydrogen) atoms. The van der Waals surface area contributed by atoms with Gasteiger partial charge in [0.25, 0.3) is 0 Å². The van der Waals surface area contributed by atoms with E-state index in [4.69, 9.17) is 9.72 Å². The molecule has 1 aliphatic rings. The number of aromatic nitrogens is 6. The Hall–Kier alpha value is -3.17. The zero-order valence-electron chi connectivity index (χ0n) is 19.5. The van der Waals surface area contributed by atoms with Gasteiger partial charge in [-0.1, -0.05) is 20.8 Å². The summed E-state index contributed by atoms with van der Waals surface area (Å²) >= 11 is 0. The predicted molar refractivity (Wildman–Crippen MR) is 120 cm³/mol. The van der Waals surface area contributed by atoms with Crippen molar-refractivity contribution < 1.29 is 14.6 Å². The number of likely N-dealkylation sites (tertiary alicyclic amines) is 1. The lowest BCUT2D eigenvalue weighted by Gasteiger charge is -2.46. The predicted octanol–water partition coefficient (Wildman–Crippen LogP) is 3.49. The van der Waals surface area contributed by atoms with Crippen LogP contribution in [0.15, 0.2) is 12.5 Å². The number of hydrogen-bond donors (Lipinski definition) is 1. The van der Waals surface area contributed by atoms with Crippen molar-refractivity contribution in [2.24, 2.45) is 12.5 Å². The van der Waals surface area contributed by atoms with Gasteiger partial charge in [0.15, 0.2) is 11.2 Å². The molecule has 2 atom stereocenters. The number of carbonyl (C=O) groups is 1. The first-order chi connectivity index (χ1) is 15.1. The number of piperidine rings is 1. The van der Waals surface area contributed by atoms with Crippen LogP contribution in [0.4, 0.5) is 4.79 Å². The minimum absolute atomic E-state index is 0.295. The SMILES string of the molecule is CCn1ncc(-c2nc3c(OC4CCCN(C(=O)O)[C@@H]4C(C)(C)C)ncnc3n2C)c1C. The van der Waals surface area contributed by atoms with E-state index in [1.807, 2.05) is 57.1 Å². The maximum absolute atomic E-state index is 11.9. The van der Waals surface area contributed by atoms with E-state index in [9.17, 15) is 9.90 Å². The van der Waals surface area contributed by atoms with Gasteiger partial charge in [-0.2, -0.15) is 10.1 Å². The molecule has 10 nitrogen and oxygen atoms in total. The van der Waals surface area contributed by atoms with E-state index in [0.717, 1.165) is 36.5 Å². The van der Waals surface area contributed by atoms with Gasteiger partial charge in [0.2, 0.25) is 5.88 Å². The molecule has 0 aliphatic carbocycles. The molecule has 4 heterocycles. The van der Waals surface area contributed by atoms with Crippen LogP contribution in [0.25, 0.3) is 22.6 Å². The molecule has 172 valence electrons. The Labute approximate surface area is 187 Å². The molecule has 1 unspecified atom stereocenters. The second-order valence-electron chi connectivity index (χ2n) is 9.39. The Morgan fingerprint density at radius 2 is 2.06 bits per heavy atom. The molecular weight excluding hydrogens is 410 g/mol. The number of nitrogens with zero attached hydrogens (tertiary/aromatic N) is 7. The van der Waals surface area contributed by atoms with Crippen molar-refractivity contribution in [3.63, 3.8) is 0 Å². The van der Waals surface area contributed by atoms with Crippen LogP contribution < -0.4 is 4.74 Å². The highest BCUT2D eigenvalue weighted by atomic mass is 16.5. The molecule has 3 aromatic heterocycles. The zero-order chi connectivity index (χ0) is 23.2. The lowest BCUT2D eigenvalue weighted by atomic mass is 9.79. The summed E-state index contributed by atoms with van der Waals surface area (Å²) in [7, 11) is 1.91. The van der Waals surface area contributed by atoms with Gasteiger partial charge in [-0.25, -0.2) is 14.8 Å². The van der Waals surface area contributed by atoms with Crippen LogP contribution in [0, 0.1) is 12.3 Å². The highest BCUT2D eigenvalue weighted by Gasteiger charge is 2.43. The van der Waals surface area contributed by atoms with Crippen LogP contribution in [-0.4, -0.2) is 64.1 Å². The third kappa shape index (κ3) is 3.67. The molecule has 10 heteroatoms. The summed E-state index contributed by atoms with van der Waals surface area (Å²) in [5, 5.41) is 14.2. The number of carboxylic acid groups (broad SMARTS) is 1. The Kier molecular flexibility index (Phi) is 5.56. The van der Waals surface area contributed by atoms with E-state index in [0.29, 0.717) is 23.6 Å². The summed E-state index contributed by atoms with van der Waals surface area (Å²) in [6.07, 6.45) is 3.52. The molecule has 1 saturated heterocycles. The minimum Gasteiger partial charge on any atom is -0.470 e. The van der Waals surface area contributed by atoms with Crippen molar-refractivity contribution in [2.75, 3.05) is 6.54 Å². The molecule has 3 aromatic rings. The van der Waals surface area contributed by atoms with Gasteiger partial charge < -0.3 is 19.3 Å². The van der Waals surface area contributed by atoms with Crippen LogP contribution >= 0.6 is 0 Å². The lowest BCUT2D eigenvalue weighted by Crippen LogP contribution is -2.58. The Morgan fingerprint density at radius 1 is 1.31 bits per heavy atom. The van der Waals surface area contributed by atoms with E-state index in [1.165, 1.54) is 11.2 Å². The quantitative estimate of drug-likeness (QED) is 0.660. The first-order valence-corrected chi connectivity index (χ1v) is 11.0. The van der Waals surface area contributed by atoms with E-state index >= 15 is 0 Å². The average molecular weight is 442 g/mol. The normalized spacial score (nSPS) is 19.5. The molecule has 1 N–H and O–H groups in total. The van der Waals surface area contributed by atoms with Gasteiger partial charge in [-0.15, -0.1) is 0 Å². The number of aryl methyl sites for hydroxylation is 2. The Morgan fingerprint density at radius 3 is 2.69 bits per heavy atom. The standard InChI is InChI=1S/C22H31N7O3/c1-7-29-13(2)14(11-25-29)18-26-16-19(27(18)6)23-12-24-20(16)32-15-9-8-10-28(21(30)31)17(15)22(3,4)5/h11-12,15,17H,7-10H2,1-6H3,(H,30,31)/t15?,17-/m0/s1. The molecular formula is C22H31N7O3. The second-order valence-corrected chi connectivity index (χ2v) is 9.39. The monoisotopic (exact) mass is 441 g/mol. The highest BCUT2D eigenvalue weighted by Crippen LogP contribution is 2.36. The van der Waals surface area contributed by atoms with Gasteiger partial charge in [0, 0.05) is 25.8 Å². The average Bonchev–Trinajstić information content (AvgIpc) is 3.27. The first kappa shape index (κ1) is 22.0. The fraction of sp³-hybridized carbons (Fsp3) is 0.591. The first-order valence-electron chi connectivity index (χ1n) is 11.0. The number of ether oxygens (including phenoxy) is 1. The van der Waals surface area contributed by atoms with E-state index in [1.54, 1.807) is 0 Å². The minimum atomic E-state index is -0.922. The van der Waals surface area contributed by atoms with Crippen LogP contribution in [0.3, 0.4) is 0 Å². The summed E-state index contributed by atoms with van der Waals surface area (Å²) in [5.41, 5.74) is 2.89. The molecule has 0 bridgehead atoms. The number of hydrogen-bond acceptors (Lipinski definition) is 6. The Bertz CT molecular complexity index is 1140. The molecule has 0 spiro atoms. The van der Waals surface area contributed by atoms with Gasteiger partial charge in [0.05, 0.1) is 17.8 Å². The topological polar surface area (TPSA) is 111 Å². The van der Waals surface area contributed by atoms with Crippen molar-refractivity contribution in [3.05, 3.63) is 18.2 Å². The maximum atomic E-state index is 11.9. The number of imidazole rings is 1. The third-order valence-electron chi connectivity index (χ3n) is 6.24. The van der Waals surface area contributed by atoms with Gasteiger partial charge in [-0.05, 0) is 32.1 Å². The number of amides is 1. The Balaban J connectivity index is 1.75. The van der Waals surface area contributed by atoms with Crippen molar-refractivity contribution in [1.29, 1.82) is 0 Å². The van der Waals surface area contributed by atoms with E-state index < -0.39 is 6.09 Å².